The molecule has 0 atom stereocenters. The van der Waals surface area contributed by atoms with E-state index in [1.165, 1.54) is 12.8 Å². The minimum Gasteiger partial charge on any atom is -0.312 e. The van der Waals surface area contributed by atoms with Gasteiger partial charge in [-0.05, 0) is 5.92 Å². The number of quaternary nitrogens is 1. The summed E-state index contributed by atoms with van der Waals surface area (Å²) in [5.74, 6) is 2.67. The van der Waals surface area contributed by atoms with Crippen molar-refractivity contribution >= 4 is 10.1 Å². The summed E-state index contributed by atoms with van der Waals surface area (Å²) in [6.07, 6.45) is 8.73. The molecule has 0 aromatic rings. The van der Waals surface area contributed by atoms with Gasteiger partial charge in [-0.1, -0.05) is 0 Å². The largest absolute Gasteiger partial charge is 0.312 e. The monoisotopic (exact) mass is 232 g/mol. The normalized spacial score (nSPS) is 20.0. The summed E-state index contributed by atoms with van der Waals surface area (Å²) in [6.45, 7) is 3.68. The number of hydrogen-bond acceptors (Lipinski definition) is 3. The second-order valence-corrected chi connectivity index (χ2v) is 5.75. The Labute approximate surface area is 91.9 Å². The molecule has 0 aromatic heterocycles. The molecule has 0 saturated carbocycles. The fraction of sp³-hybridized carbons (Fsp3) is 0.800. The third-order valence-corrected chi connectivity index (χ3v) is 3.40. The van der Waals surface area contributed by atoms with E-state index in [9.17, 15) is 8.42 Å². The standard InChI is InChI=1S/C10H18NO3S/c1-3-6-11(7-4-5-8-11)9-10-14-15(2,12)13/h1H,4-10H2,2H3/q+1. The van der Waals surface area contributed by atoms with Crippen LogP contribution >= 0.6 is 0 Å². The van der Waals surface area contributed by atoms with Crippen LogP contribution in [-0.2, 0) is 14.3 Å². The Bertz CT molecular complexity index is 336. The minimum atomic E-state index is -3.32. The van der Waals surface area contributed by atoms with Crippen LogP contribution in [0.1, 0.15) is 12.8 Å². The fourth-order valence-corrected chi connectivity index (χ4v) is 2.42. The van der Waals surface area contributed by atoms with Gasteiger partial charge in [0.15, 0.2) is 0 Å². The van der Waals surface area contributed by atoms with Gasteiger partial charge >= 0.3 is 0 Å². The molecule has 1 aliphatic rings. The lowest BCUT2D eigenvalue weighted by atomic mass is 10.4. The van der Waals surface area contributed by atoms with E-state index >= 15 is 0 Å². The summed E-state index contributed by atoms with van der Waals surface area (Å²) in [6, 6.07) is 0. The Morgan fingerprint density at radius 1 is 1.40 bits per heavy atom. The summed E-state index contributed by atoms with van der Waals surface area (Å²) < 4.78 is 27.2. The Morgan fingerprint density at radius 2 is 2.00 bits per heavy atom. The van der Waals surface area contributed by atoms with Crippen LogP contribution in [0, 0.1) is 12.3 Å². The van der Waals surface area contributed by atoms with Crippen molar-refractivity contribution in [3.8, 4) is 12.3 Å². The second-order valence-electron chi connectivity index (χ2n) is 4.11. The molecule has 0 N–H and O–H groups in total. The molecule has 1 saturated heterocycles. The summed E-state index contributed by atoms with van der Waals surface area (Å²) in [5, 5.41) is 0. The summed E-state index contributed by atoms with van der Waals surface area (Å²) >= 11 is 0. The predicted molar refractivity (Wildman–Crippen MR) is 58.6 cm³/mol. The first-order valence-electron chi connectivity index (χ1n) is 5.10. The molecule has 1 aliphatic heterocycles. The Balaban J connectivity index is 2.43. The number of hydrogen-bond donors (Lipinski definition) is 0. The Hall–Kier alpha value is -0.570. The molecule has 1 fully saturated rings. The second kappa shape index (κ2) is 4.97. The van der Waals surface area contributed by atoms with Crippen molar-refractivity contribution in [1.29, 1.82) is 0 Å². The van der Waals surface area contributed by atoms with Crippen LogP contribution in [0.25, 0.3) is 0 Å². The molecule has 0 unspecified atom stereocenters. The zero-order valence-corrected chi connectivity index (χ0v) is 9.92. The first-order valence-corrected chi connectivity index (χ1v) is 6.92. The van der Waals surface area contributed by atoms with Crippen molar-refractivity contribution in [2.45, 2.75) is 12.8 Å². The molecule has 4 nitrogen and oxygen atoms in total. The average Bonchev–Trinajstić information content (AvgIpc) is 2.52. The third-order valence-electron chi connectivity index (χ3n) is 2.80. The smallest absolute Gasteiger partial charge is 0.264 e. The molecule has 0 amide bonds. The minimum absolute atomic E-state index is 0.237. The average molecular weight is 232 g/mol. The molecular formula is C10H18NO3S+. The van der Waals surface area contributed by atoms with E-state index in [2.05, 4.69) is 5.92 Å². The van der Waals surface area contributed by atoms with Crippen molar-refractivity contribution in [3.63, 3.8) is 0 Å². The maximum atomic E-state index is 10.8. The van der Waals surface area contributed by atoms with Gasteiger partial charge in [-0.15, -0.1) is 6.42 Å². The molecular weight excluding hydrogens is 214 g/mol. The zero-order valence-electron chi connectivity index (χ0n) is 9.11. The van der Waals surface area contributed by atoms with Crippen LogP contribution in [0.15, 0.2) is 0 Å². The highest BCUT2D eigenvalue weighted by Crippen LogP contribution is 2.18. The van der Waals surface area contributed by atoms with Gasteiger partial charge in [-0.2, -0.15) is 8.42 Å². The summed E-state index contributed by atoms with van der Waals surface area (Å²) in [7, 11) is -3.32. The molecule has 0 aromatic carbocycles. The van der Waals surface area contributed by atoms with E-state index in [0.29, 0.717) is 13.1 Å². The Morgan fingerprint density at radius 3 is 2.47 bits per heavy atom. The molecule has 1 heterocycles. The van der Waals surface area contributed by atoms with Gasteiger partial charge in [0.25, 0.3) is 10.1 Å². The summed E-state index contributed by atoms with van der Waals surface area (Å²) in [5.41, 5.74) is 0. The zero-order chi connectivity index (χ0) is 11.4. The maximum Gasteiger partial charge on any atom is 0.264 e. The molecule has 0 aliphatic carbocycles. The molecule has 1 rings (SSSR count). The number of likely N-dealkylation sites (tertiary alicyclic amines) is 1. The van der Waals surface area contributed by atoms with E-state index < -0.39 is 10.1 Å². The van der Waals surface area contributed by atoms with Gasteiger partial charge in [0.1, 0.15) is 19.7 Å². The number of terminal acetylenes is 1. The molecule has 86 valence electrons. The van der Waals surface area contributed by atoms with Crippen molar-refractivity contribution in [2.24, 2.45) is 0 Å². The lowest BCUT2D eigenvalue weighted by molar-refractivity contribution is -0.909. The van der Waals surface area contributed by atoms with Gasteiger partial charge in [0.2, 0.25) is 0 Å². The van der Waals surface area contributed by atoms with Crippen molar-refractivity contribution in [2.75, 3.05) is 39.0 Å². The number of nitrogens with zero attached hydrogens (tertiary/aromatic N) is 1. The highest BCUT2D eigenvalue weighted by Gasteiger charge is 2.30. The van der Waals surface area contributed by atoms with Gasteiger partial charge in [0.05, 0.1) is 19.3 Å². The first kappa shape index (κ1) is 12.5. The van der Waals surface area contributed by atoms with Crippen LogP contribution in [0.5, 0.6) is 0 Å². The van der Waals surface area contributed by atoms with E-state index in [4.69, 9.17) is 10.6 Å². The molecule has 5 heteroatoms. The van der Waals surface area contributed by atoms with E-state index in [1.54, 1.807) is 0 Å². The number of rotatable bonds is 5. The quantitative estimate of drug-likeness (QED) is 0.386. The molecule has 0 spiro atoms. The van der Waals surface area contributed by atoms with Crippen molar-refractivity contribution in [3.05, 3.63) is 0 Å². The van der Waals surface area contributed by atoms with Gasteiger partial charge in [-0.3, -0.25) is 4.18 Å². The lowest BCUT2D eigenvalue weighted by Crippen LogP contribution is -2.47. The van der Waals surface area contributed by atoms with E-state index in [1.807, 2.05) is 0 Å². The Kier molecular flexibility index (Phi) is 4.14. The van der Waals surface area contributed by atoms with E-state index in [0.717, 1.165) is 23.8 Å². The van der Waals surface area contributed by atoms with Crippen LogP contribution in [0.3, 0.4) is 0 Å². The lowest BCUT2D eigenvalue weighted by Gasteiger charge is -2.31. The fourth-order valence-electron chi connectivity index (χ4n) is 2.04. The van der Waals surface area contributed by atoms with Crippen molar-refractivity contribution in [1.82, 2.24) is 0 Å². The SMILES string of the molecule is C#CC[N+]1(CCOS(C)(=O)=O)CCCC1. The van der Waals surface area contributed by atoms with Crippen LogP contribution in [-0.4, -0.2) is 51.9 Å². The highest BCUT2D eigenvalue weighted by atomic mass is 32.2. The first-order chi connectivity index (χ1) is 6.97. The van der Waals surface area contributed by atoms with Gasteiger partial charge in [-0.25, -0.2) is 0 Å². The molecule has 15 heavy (non-hydrogen) atoms. The maximum absolute atomic E-state index is 10.8. The summed E-state index contributed by atoms with van der Waals surface area (Å²) in [4.78, 5) is 0. The van der Waals surface area contributed by atoms with Crippen LogP contribution in [0.4, 0.5) is 0 Å². The highest BCUT2D eigenvalue weighted by molar-refractivity contribution is 7.85. The molecule has 0 radical (unpaired) electrons. The van der Waals surface area contributed by atoms with Crippen LogP contribution in [0.2, 0.25) is 0 Å². The van der Waals surface area contributed by atoms with Crippen LogP contribution < -0.4 is 0 Å². The molecule has 0 bridgehead atoms. The van der Waals surface area contributed by atoms with E-state index in [-0.39, 0.29) is 6.61 Å². The van der Waals surface area contributed by atoms with Gasteiger partial charge < -0.3 is 4.48 Å². The predicted octanol–water partition coefficient (Wildman–Crippen LogP) is 0.206. The van der Waals surface area contributed by atoms with Crippen molar-refractivity contribution < 1.29 is 17.1 Å². The van der Waals surface area contributed by atoms with Gasteiger partial charge in [0, 0.05) is 12.8 Å². The topological polar surface area (TPSA) is 43.4 Å². The third kappa shape index (κ3) is 4.20.